The minimum Gasteiger partial charge on any atom is -0.247 e. The lowest BCUT2D eigenvalue weighted by atomic mass is 9.91. The van der Waals surface area contributed by atoms with E-state index in [1.165, 1.54) is 64.6 Å². The fraction of sp³-hybridized carbons (Fsp3) is 0. The van der Waals surface area contributed by atoms with Crippen molar-refractivity contribution in [2.75, 3.05) is 0 Å². The Hall–Kier alpha value is -18.3. The van der Waals surface area contributed by atoms with Crippen molar-refractivity contribution in [3.8, 4) is 101 Å². The summed E-state index contributed by atoms with van der Waals surface area (Å²) >= 11 is 0. The van der Waals surface area contributed by atoms with Gasteiger partial charge in [-0.1, -0.05) is 406 Å². The van der Waals surface area contributed by atoms with E-state index >= 15 is 0 Å². The van der Waals surface area contributed by atoms with Crippen LogP contribution in [-0.4, -0.2) is 44.9 Å². The highest BCUT2D eigenvalue weighted by molar-refractivity contribution is 6.26. The average molecular weight is 1730 g/mol. The van der Waals surface area contributed by atoms with Crippen LogP contribution in [0.3, 0.4) is 0 Å². The van der Waals surface area contributed by atoms with E-state index in [4.69, 9.17) is 44.9 Å². The molecule has 0 amide bonds. The van der Waals surface area contributed by atoms with E-state index in [1.807, 2.05) is 54.6 Å². The molecule has 630 valence electrons. The number of rotatable bonds is 9. The van der Waals surface area contributed by atoms with Crippen LogP contribution in [0, 0.1) is 0 Å². The molecule has 9 aromatic heterocycles. The first-order valence-electron chi connectivity index (χ1n) is 46.0. The molecule has 0 N–H and O–H groups in total. The van der Waals surface area contributed by atoms with Crippen molar-refractivity contribution in [3.63, 3.8) is 0 Å². The minimum atomic E-state index is 0.906. The molecule has 0 spiro atoms. The van der Waals surface area contributed by atoms with Crippen molar-refractivity contribution in [1.29, 1.82) is 0 Å². The summed E-state index contributed by atoms with van der Waals surface area (Å²) in [5.74, 6) is 0. The second-order valence-electron chi connectivity index (χ2n) is 34.8. The molecule has 0 fully saturated rings. The third kappa shape index (κ3) is 13.8. The summed E-state index contributed by atoms with van der Waals surface area (Å²) in [6.45, 7) is 0. The topological polar surface area (TPSA) is 116 Å². The molecule has 0 aliphatic rings. The van der Waals surface area contributed by atoms with E-state index in [1.54, 1.807) is 0 Å². The number of aromatic nitrogens is 9. The Kier molecular flexibility index (Phi) is 19.1. The summed E-state index contributed by atoms with van der Waals surface area (Å²) in [5.41, 5.74) is 26.8. The molecule has 0 aliphatic heterocycles. The molecule has 0 unspecified atom stereocenters. The van der Waals surface area contributed by atoms with E-state index in [0.717, 1.165) is 210 Å². The van der Waals surface area contributed by atoms with E-state index in [9.17, 15) is 0 Å². The number of fused-ring (bicyclic) bond motifs is 25. The van der Waals surface area contributed by atoms with E-state index in [2.05, 4.69) is 413 Å². The molecule has 28 rings (SSSR count). The second kappa shape index (κ2) is 33.0. The molecule has 0 saturated heterocycles. The van der Waals surface area contributed by atoms with Crippen LogP contribution >= 0.6 is 0 Å². The lowest BCUT2D eigenvalue weighted by molar-refractivity contribution is 1.36. The van der Waals surface area contributed by atoms with Gasteiger partial charge in [0.15, 0.2) is 0 Å². The lowest BCUT2D eigenvalue weighted by Crippen LogP contribution is -1.94. The Morgan fingerprint density at radius 2 is 0.368 bits per heavy atom. The molecule has 0 atom stereocenters. The van der Waals surface area contributed by atoms with Gasteiger partial charge in [0.1, 0.15) is 0 Å². The lowest BCUT2D eigenvalue weighted by Gasteiger charge is -2.16. The zero-order chi connectivity index (χ0) is 89.7. The minimum absolute atomic E-state index is 0.906. The SMILES string of the molecule is c1ccc(-c2ccc3ccc4ccc(-c5ccc(-c6nc7ccccc7c7c6ccc6ccccc67)c6ccccc56)nc4c3n2)cc1.c1ccc(-c2ccc3ccc4ccc(-c5ccc(-c6nc7ccccc7c7c6ccc6ccccc67)cc5)nc4c3n2)cc1.c1ccc(-c2ccc3ccc4ccc(-c5cccc(-c6nc7ccccc7c7c6ccc6ccccc67)c5)nc4c3n2)cc1. The van der Waals surface area contributed by atoms with Crippen LogP contribution in [0.1, 0.15) is 0 Å². The van der Waals surface area contributed by atoms with Crippen LogP contribution in [0.25, 0.3) is 275 Å². The number of nitrogens with zero attached hydrogens (tertiary/aromatic N) is 9. The number of benzene rings is 19. The van der Waals surface area contributed by atoms with E-state index < -0.39 is 0 Å². The molecule has 9 heterocycles. The fourth-order valence-corrected chi connectivity index (χ4v) is 20.2. The largest absolute Gasteiger partial charge is 0.247 e. The maximum atomic E-state index is 5.32. The molecule has 0 radical (unpaired) electrons. The maximum absolute atomic E-state index is 5.32. The average Bonchev–Trinajstić information content (AvgIpc) is 0.732. The Labute approximate surface area is 781 Å². The van der Waals surface area contributed by atoms with Crippen LogP contribution in [0.5, 0.6) is 0 Å². The van der Waals surface area contributed by atoms with Crippen LogP contribution in [-0.2, 0) is 0 Å². The van der Waals surface area contributed by atoms with Crippen molar-refractivity contribution >= 4 is 174 Å². The quantitative estimate of drug-likeness (QED) is 0.130. The Balaban J connectivity index is 0.000000106. The van der Waals surface area contributed by atoms with Gasteiger partial charge in [-0.2, -0.15) is 0 Å². The van der Waals surface area contributed by atoms with Gasteiger partial charge < -0.3 is 0 Å². The summed E-state index contributed by atoms with van der Waals surface area (Å²) in [7, 11) is 0. The van der Waals surface area contributed by atoms with Gasteiger partial charge in [-0.25, -0.2) is 44.9 Å². The van der Waals surface area contributed by atoms with Crippen molar-refractivity contribution < 1.29 is 0 Å². The monoisotopic (exact) mass is 1730 g/mol. The summed E-state index contributed by atoms with van der Waals surface area (Å²) in [6, 6.07) is 164. The molecular formula is C127H77N9. The van der Waals surface area contributed by atoms with Crippen LogP contribution in [0.2, 0.25) is 0 Å². The number of hydrogen-bond acceptors (Lipinski definition) is 9. The third-order valence-electron chi connectivity index (χ3n) is 26.9. The normalized spacial score (nSPS) is 11.7. The smallest absolute Gasteiger partial charge is 0.0972 e. The van der Waals surface area contributed by atoms with Gasteiger partial charge in [0.25, 0.3) is 0 Å². The number of para-hydroxylation sites is 3. The highest BCUT2D eigenvalue weighted by Gasteiger charge is 2.23. The molecule has 0 saturated carbocycles. The Morgan fingerprint density at radius 3 is 0.757 bits per heavy atom. The molecule has 0 aliphatic carbocycles. The van der Waals surface area contributed by atoms with Gasteiger partial charge in [-0.05, 0) is 104 Å². The predicted molar refractivity (Wildman–Crippen MR) is 569 cm³/mol. The van der Waals surface area contributed by atoms with Crippen LogP contribution in [0.4, 0.5) is 0 Å². The van der Waals surface area contributed by atoms with Crippen LogP contribution < -0.4 is 0 Å². The standard InChI is InChI=1S/C45H27N3.2C41H25N3/c1-2-11-29(12-3-1)39-26-21-30-18-19-31-22-27-41(47-44(31)43(30)46-39)35-24-25-36(34-15-7-6-14-33(34)35)45-38-23-20-28-10-4-5-13-32(28)42(38)37-16-8-9-17-40(37)48-45;1-2-10-27(11-3-1)35-23-20-28-17-18-29-21-24-36(43-41(29)40(28)42-35)30-12-8-13-31(25-30)39-34-22-19-26-9-4-5-14-32(26)38(34)33-15-6-7-16-37(33)44-39;1-2-9-27(10-3-1)35-24-21-30-18-19-31-22-25-36(43-41(31)40(30)42-35)28-14-16-29(17-15-28)39-34-23-20-26-8-4-5-11-32(26)38(34)33-12-6-7-13-37(33)44-39/h1-27H;2*1-25H. The van der Waals surface area contributed by atoms with Crippen molar-refractivity contribution in [2.45, 2.75) is 0 Å². The summed E-state index contributed by atoms with van der Waals surface area (Å²) in [5, 5.41) is 26.9. The number of pyridine rings is 9. The molecule has 136 heavy (non-hydrogen) atoms. The molecule has 28 aromatic rings. The zero-order valence-corrected chi connectivity index (χ0v) is 73.5. The van der Waals surface area contributed by atoms with Crippen molar-refractivity contribution in [1.82, 2.24) is 44.9 Å². The van der Waals surface area contributed by atoms with E-state index in [-0.39, 0.29) is 0 Å². The maximum Gasteiger partial charge on any atom is 0.0972 e. The first kappa shape index (κ1) is 78.7. The second-order valence-corrected chi connectivity index (χ2v) is 34.8. The van der Waals surface area contributed by atoms with Crippen molar-refractivity contribution in [2.24, 2.45) is 0 Å². The Morgan fingerprint density at radius 1 is 0.118 bits per heavy atom. The van der Waals surface area contributed by atoms with Crippen molar-refractivity contribution in [3.05, 3.63) is 467 Å². The first-order chi connectivity index (χ1) is 67.4. The third-order valence-corrected chi connectivity index (χ3v) is 26.9. The van der Waals surface area contributed by atoms with Gasteiger partial charge in [0.05, 0.1) is 101 Å². The molecular weight excluding hydrogens is 1650 g/mol. The van der Waals surface area contributed by atoms with Gasteiger partial charge >= 0.3 is 0 Å². The molecule has 9 heteroatoms. The molecule has 9 nitrogen and oxygen atoms in total. The fourth-order valence-electron chi connectivity index (χ4n) is 20.2. The molecule has 0 bridgehead atoms. The summed E-state index contributed by atoms with van der Waals surface area (Å²) < 4.78 is 0. The van der Waals surface area contributed by atoms with Gasteiger partial charge in [-0.3, -0.25) is 0 Å². The highest BCUT2D eigenvalue weighted by atomic mass is 14.8. The van der Waals surface area contributed by atoms with Gasteiger partial charge in [0, 0.05) is 131 Å². The highest BCUT2D eigenvalue weighted by Crippen LogP contribution is 2.46. The van der Waals surface area contributed by atoms with Gasteiger partial charge in [-0.15, -0.1) is 0 Å². The van der Waals surface area contributed by atoms with Crippen LogP contribution in [0.15, 0.2) is 467 Å². The first-order valence-corrected chi connectivity index (χ1v) is 46.0. The zero-order valence-electron chi connectivity index (χ0n) is 73.5. The van der Waals surface area contributed by atoms with E-state index in [0.29, 0.717) is 0 Å². The predicted octanol–water partition coefficient (Wildman–Crippen LogP) is 33.1. The van der Waals surface area contributed by atoms with Gasteiger partial charge in [0.2, 0.25) is 0 Å². The summed E-state index contributed by atoms with van der Waals surface area (Å²) in [6.07, 6.45) is 0. The summed E-state index contributed by atoms with van der Waals surface area (Å²) in [4.78, 5) is 46.7. The number of hydrogen-bond donors (Lipinski definition) is 0. The molecule has 19 aromatic carbocycles. The Bertz CT molecular complexity index is 9700.